The van der Waals surface area contributed by atoms with Gasteiger partial charge in [-0.15, -0.1) is 0 Å². The molecule has 0 heterocycles. The highest BCUT2D eigenvalue weighted by Gasteiger charge is 2.15. The van der Waals surface area contributed by atoms with Crippen molar-refractivity contribution in [2.24, 2.45) is 0 Å². The molecular weight excluding hydrogens is 250 g/mol. The smallest absolute Gasteiger partial charge is 0.340 e. The third kappa shape index (κ3) is 2.31. The number of ether oxygens (including phenoxy) is 1. The number of carbonyl (C=O) groups is 1. The highest BCUT2D eigenvalue weighted by molar-refractivity contribution is 6.31. The van der Waals surface area contributed by atoms with Crippen molar-refractivity contribution in [1.29, 1.82) is 0 Å². The zero-order valence-electron chi connectivity index (χ0n) is 9.81. The first kappa shape index (κ1) is 12.5. The second-order valence-electron chi connectivity index (χ2n) is 3.77. The van der Waals surface area contributed by atoms with Crippen LogP contribution in [-0.4, -0.2) is 13.1 Å². The van der Waals surface area contributed by atoms with Gasteiger partial charge in [0, 0.05) is 10.6 Å². The monoisotopic (exact) mass is 261 g/mol. The van der Waals surface area contributed by atoms with Crippen LogP contribution in [0.2, 0.25) is 5.02 Å². The molecule has 0 aliphatic rings. The van der Waals surface area contributed by atoms with E-state index in [9.17, 15) is 4.79 Å². The van der Waals surface area contributed by atoms with E-state index < -0.39 is 5.97 Å². The van der Waals surface area contributed by atoms with E-state index in [-0.39, 0.29) is 5.56 Å². The fourth-order valence-corrected chi connectivity index (χ4v) is 1.97. The molecule has 0 unspecified atom stereocenters. The molecule has 0 atom stereocenters. The van der Waals surface area contributed by atoms with E-state index >= 15 is 0 Å². The maximum absolute atomic E-state index is 11.6. The van der Waals surface area contributed by atoms with Gasteiger partial charge in [-0.25, -0.2) is 4.79 Å². The predicted molar refractivity (Wildman–Crippen MR) is 72.6 cm³/mol. The molecule has 0 saturated carbocycles. The standard InChI is InChI=1S/C14H12ClNO2/c1-18-14(17)12-8-10(15)7-11(13(12)16)9-5-3-2-4-6-9/h2-8H,16H2,1H3. The summed E-state index contributed by atoms with van der Waals surface area (Å²) in [5.74, 6) is -0.493. The molecule has 18 heavy (non-hydrogen) atoms. The van der Waals surface area contributed by atoms with Crippen molar-refractivity contribution in [1.82, 2.24) is 0 Å². The van der Waals surface area contributed by atoms with Crippen LogP contribution in [0.4, 0.5) is 5.69 Å². The number of rotatable bonds is 2. The lowest BCUT2D eigenvalue weighted by Gasteiger charge is -2.11. The first-order valence-electron chi connectivity index (χ1n) is 5.36. The minimum atomic E-state index is -0.493. The van der Waals surface area contributed by atoms with Gasteiger partial charge in [-0.2, -0.15) is 0 Å². The summed E-state index contributed by atoms with van der Waals surface area (Å²) in [6, 6.07) is 12.8. The Balaban J connectivity index is 2.62. The maximum Gasteiger partial charge on any atom is 0.340 e. The van der Waals surface area contributed by atoms with Gasteiger partial charge in [0.1, 0.15) is 0 Å². The summed E-state index contributed by atoms with van der Waals surface area (Å²) >= 11 is 6.01. The van der Waals surface area contributed by atoms with Gasteiger partial charge < -0.3 is 10.5 Å². The number of methoxy groups -OCH3 is 1. The van der Waals surface area contributed by atoms with Crippen molar-refractivity contribution < 1.29 is 9.53 Å². The van der Waals surface area contributed by atoms with E-state index in [1.165, 1.54) is 13.2 Å². The Hall–Kier alpha value is -2.00. The molecule has 2 N–H and O–H groups in total. The van der Waals surface area contributed by atoms with E-state index in [4.69, 9.17) is 17.3 Å². The highest BCUT2D eigenvalue weighted by atomic mass is 35.5. The Bertz CT molecular complexity index is 582. The molecule has 0 aliphatic carbocycles. The summed E-state index contributed by atoms with van der Waals surface area (Å²) in [7, 11) is 1.31. The van der Waals surface area contributed by atoms with Gasteiger partial charge in [0.15, 0.2) is 0 Å². The largest absolute Gasteiger partial charge is 0.465 e. The lowest BCUT2D eigenvalue weighted by molar-refractivity contribution is 0.0602. The lowest BCUT2D eigenvalue weighted by Crippen LogP contribution is -2.06. The quantitative estimate of drug-likeness (QED) is 0.666. The van der Waals surface area contributed by atoms with Crippen LogP contribution in [0.3, 0.4) is 0 Å². The predicted octanol–water partition coefficient (Wildman–Crippen LogP) is 3.38. The van der Waals surface area contributed by atoms with Crippen LogP contribution in [0.1, 0.15) is 10.4 Å². The number of esters is 1. The molecule has 92 valence electrons. The Morgan fingerprint density at radius 1 is 1.22 bits per heavy atom. The Labute approximate surface area is 110 Å². The molecule has 0 bridgehead atoms. The summed E-state index contributed by atoms with van der Waals surface area (Å²) in [6.07, 6.45) is 0. The van der Waals surface area contributed by atoms with Crippen molar-refractivity contribution in [2.75, 3.05) is 12.8 Å². The summed E-state index contributed by atoms with van der Waals surface area (Å²) in [5.41, 5.74) is 8.29. The molecule has 0 fully saturated rings. The number of halogens is 1. The molecular formula is C14H12ClNO2. The zero-order valence-corrected chi connectivity index (χ0v) is 10.6. The molecule has 2 aromatic carbocycles. The number of hydrogen-bond acceptors (Lipinski definition) is 3. The summed E-state index contributed by atoms with van der Waals surface area (Å²) in [6.45, 7) is 0. The first-order valence-corrected chi connectivity index (χ1v) is 5.74. The van der Waals surface area contributed by atoms with Gasteiger partial charge >= 0.3 is 5.97 Å². The number of benzene rings is 2. The number of nitrogen functional groups attached to an aromatic ring is 1. The normalized spacial score (nSPS) is 10.1. The Morgan fingerprint density at radius 2 is 1.89 bits per heavy atom. The fourth-order valence-electron chi connectivity index (χ4n) is 1.75. The molecule has 4 heteroatoms. The van der Waals surface area contributed by atoms with Crippen LogP contribution >= 0.6 is 11.6 Å². The van der Waals surface area contributed by atoms with Crippen LogP contribution in [0.5, 0.6) is 0 Å². The third-order valence-corrected chi connectivity index (χ3v) is 2.85. The van der Waals surface area contributed by atoms with E-state index in [1.54, 1.807) is 6.07 Å². The van der Waals surface area contributed by atoms with Gasteiger partial charge in [-0.1, -0.05) is 41.9 Å². The Kier molecular flexibility index (Phi) is 3.53. The second kappa shape index (κ2) is 5.10. The van der Waals surface area contributed by atoms with Gasteiger partial charge in [0.05, 0.1) is 18.4 Å². The van der Waals surface area contributed by atoms with E-state index in [0.717, 1.165) is 11.1 Å². The molecule has 0 spiro atoms. The third-order valence-electron chi connectivity index (χ3n) is 2.63. The molecule has 0 saturated heterocycles. The number of carbonyl (C=O) groups excluding carboxylic acids is 1. The Morgan fingerprint density at radius 3 is 2.50 bits per heavy atom. The maximum atomic E-state index is 11.6. The minimum Gasteiger partial charge on any atom is -0.465 e. The van der Waals surface area contributed by atoms with Crippen LogP contribution in [-0.2, 0) is 4.74 Å². The van der Waals surface area contributed by atoms with Crippen molar-refractivity contribution in [3.8, 4) is 11.1 Å². The van der Waals surface area contributed by atoms with E-state index in [0.29, 0.717) is 10.7 Å². The summed E-state index contributed by atoms with van der Waals surface area (Å²) in [5, 5.41) is 0.448. The zero-order chi connectivity index (χ0) is 13.1. The average molecular weight is 262 g/mol. The molecule has 3 nitrogen and oxygen atoms in total. The van der Waals surface area contributed by atoms with Crippen molar-refractivity contribution in [3.63, 3.8) is 0 Å². The average Bonchev–Trinajstić information content (AvgIpc) is 2.41. The number of anilines is 1. The molecule has 0 amide bonds. The summed E-state index contributed by atoms with van der Waals surface area (Å²) in [4.78, 5) is 11.6. The van der Waals surface area contributed by atoms with Crippen LogP contribution in [0.15, 0.2) is 42.5 Å². The molecule has 0 aliphatic heterocycles. The van der Waals surface area contributed by atoms with Gasteiger partial charge in [-0.05, 0) is 17.7 Å². The van der Waals surface area contributed by atoms with Gasteiger partial charge in [0.2, 0.25) is 0 Å². The first-order chi connectivity index (χ1) is 8.63. The van der Waals surface area contributed by atoms with Crippen LogP contribution in [0, 0.1) is 0 Å². The summed E-state index contributed by atoms with van der Waals surface area (Å²) < 4.78 is 4.69. The fraction of sp³-hybridized carbons (Fsp3) is 0.0714. The molecule has 2 aromatic rings. The minimum absolute atomic E-state index is 0.281. The van der Waals surface area contributed by atoms with Crippen molar-refractivity contribution in [3.05, 3.63) is 53.1 Å². The number of hydrogen-bond donors (Lipinski definition) is 1. The van der Waals surface area contributed by atoms with Crippen molar-refractivity contribution in [2.45, 2.75) is 0 Å². The topological polar surface area (TPSA) is 52.3 Å². The lowest BCUT2D eigenvalue weighted by atomic mass is 10.0. The van der Waals surface area contributed by atoms with Gasteiger partial charge in [-0.3, -0.25) is 0 Å². The van der Waals surface area contributed by atoms with Crippen LogP contribution in [0.25, 0.3) is 11.1 Å². The molecule has 0 radical (unpaired) electrons. The SMILES string of the molecule is COC(=O)c1cc(Cl)cc(-c2ccccc2)c1N. The van der Waals surface area contributed by atoms with Gasteiger partial charge in [0.25, 0.3) is 0 Å². The van der Waals surface area contributed by atoms with Crippen molar-refractivity contribution >= 4 is 23.3 Å². The highest BCUT2D eigenvalue weighted by Crippen LogP contribution is 2.32. The second-order valence-corrected chi connectivity index (χ2v) is 4.21. The van der Waals surface area contributed by atoms with E-state index in [2.05, 4.69) is 4.74 Å². The molecule has 2 rings (SSSR count). The van der Waals surface area contributed by atoms with E-state index in [1.807, 2.05) is 30.3 Å². The number of nitrogens with two attached hydrogens (primary N) is 1. The van der Waals surface area contributed by atoms with Crippen LogP contribution < -0.4 is 5.73 Å². The molecule has 0 aromatic heterocycles.